The molecular formula is C30H37NO11P-. The summed E-state index contributed by atoms with van der Waals surface area (Å²) in [6.45, 7) is 1.40. The number of phenolic OH excluding ortho intramolecular Hbond substituents is 1. The van der Waals surface area contributed by atoms with Gasteiger partial charge in [0.2, 0.25) is 5.91 Å². The average Bonchev–Trinajstić information content (AvgIpc) is 2.96. The number of aliphatic hydroxyl groups is 1. The summed E-state index contributed by atoms with van der Waals surface area (Å²) >= 11 is 0. The standard InChI is InChI=1S/C30H38NO11P/c1-2-40-43(38,39)41-17-18(16-32)5-3-4-12-31-29(35)19-6-9-22(25(13-19)30(36)37)28-23-10-7-20(33)14-26(23)42-27-15-21(34)8-11-24(27)28/h7-8,10-11,14-15,18-19,22,25,32-33H,2-6,9,12-13,16-17H2,1H3,(H,31,35)(H,36,37)(H,38,39)/p-1. The second-order valence-corrected chi connectivity index (χ2v) is 12.3. The number of hydrogen-bond acceptors (Lipinski definition) is 10. The lowest BCUT2D eigenvalue weighted by atomic mass is 9.69. The number of fused-ring (bicyclic) bond motifs is 2. The number of carboxylic acid groups (broad SMARTS) is 1. The van der Waals surface area contributed by atoms with Gasteiger partial charge in [0.1, 0.15) is 17.1 Å². The van der Waals surface area contributed by atoms with Crippen LogP contribution in [0.2, 0.25) is 0 Å². The van der Waals surface area contributed by atoms with E-state index in [1.807, 2.05) is 0 Å². The average molecular weight is 619 g/mol. The van der Waals surface area contributed by atoms with E-state index in [1.165, 1.54) is 31.2 Å². The number of carbonyl (C=O) groups is 2. The molecule has 13 heteroatoms. The minimum Gasteiger partial charge on any atom is -0.756 e. The van der Waals surface area contributed by atoms with Gasteiger partial charge in [-0.05, 0) is 74.8 Å². The minimum atomic E-state index is -4.39. The van der Waals surface area contributed by atoms with Gasteiger partial charge in [-0.1, -0.05) is 6.42 Å². The molecule has 1 fully saturated rings. The van der Waals surface area contributed by atoms with E-state index in [0.29, 0.717) is 60.9 Å². The molecule has 5 atom stereocenters. The fraction of sp³-hybridized carbons (Fsp3) is 0.500. The van der Waals surface area contributed by atoms with Crippen molar-refractivity contribution in [2.75, 3.05) is 26.4 Å². The number of unbranched alkanes of at least 4 members (excludes halogenated alkanes) is 1. The van der Waals surface area contributed by atoms with Crippen molar-refractivity contribution in [3.63, 3.8) is 0 Å². The van der Waals surface area contributed by atoms with Crippen LogP contribution in [-0.4, -0.2) is 53.6 Å². The number of aromatic hydroxyl groups is 1. The second kappa shape index (κ2) is 14.5. The molecule has 12 nitrogen and oxygen atoms in total. The van der Waals surface area contributed by atoms with Crippen LogP contribution in [0.1, 0.15) is 56.9 Å². The van der Waals surface area contributed by atoms with Crippen molar-refractivity contribution in [3.8, 4) is 17.1 Å². The summed E-state index contributed by atoms with van der Waals surface area (Å²) < 4.78 is 26.8. The molecule has 0 bridgehead atoms. The zero-order chi connectivity index (χ0) is 31.1. The molecule has 1 aromatic carbocycles. The van der Waals surface area contributed by atoms with Gasteiger partial charge < -0.3 is 39.0 Å². The minimum absolute atomic E-state index is 0.0231. The Hall–Kier alpha value is -3.28. The molecule has 4 rings (SSSR count). The van der Waals surface area contributed by atoms with Gasteiger partial charge in [-0.2, -0.15) is 0 Å². The number of rotatable bonds is 14. The van der Waals surface area contributed by atoms with E-state index >= 15 is 0 Å². The molecule has 1 aliphatic heterocycles. The lowest BCUT2D eigenvalue weighted by Gasteiger charge is -2.35. The molecule has 3 aliphatic rings. The Balaban J connectivity index is 1.38. The van der Waals surface area contributed by atoms with Crippen molar-refractivity contribution in [2.24, 2.45) is 17.8 Å². The van der Waals surface area contributed by atoms with E-state index in [4.69, 9.17) is 8.94 Å². The number of phosphoric acid groups is 1. The van der Waals surface area contributed by atoms with Crippen molar-refractivity contribution in [3.05, 3.63) is 52.2 Å². The molecule has 0 saturated heterocycles. The topological polar surface area (TPSA) is 196 Å². The molecule has 1 saturated carbocycles. The largest absolute Gasteiger partial charge is 0.756 e. The third kappa shape index (κ3) is 8.21. The molecule has 234 valence electrons. The Morgan fingerprint density at radius 2 is 1.95 bits per heavy atom. The van der Waals surface area contributed by atoms with Gasteiger partial charge in [0.25, 0.3) is 7.82 Å². The van der Waals surface area contributed by atoms with Crippen molar-refractivity contribution < 1.29 is 47.8 Å². The normalized spacial score (nSPS) is 21.0. The first-order chi connectivity index (χ1) is 20.5. The van der Waals surface area contributed by atoms with Gasteiger partial charge in [-0.3, -0.25) is 18.9 Å². The van der Waals surface area contributed by atoms with Gasteiger partial charge in [0, 0.05) is 48.1 Å². The highest BCUT2D eigenvalue weighted by Gasteiger charge is 2.40. The lowest BCUT2D eigenvalue weighted by molar-refractivity contribution is -0.226. The summed E-state index contributed by atoms with van der Waals surface area (Å²) in [4.78, 5) is 49.1. The molecule has 0 radical (unpaired) electrons. The van der Waals surface area contributed by atoms with Gasteiger partial charge in [0.15, 0.2) is 5.43 Å². The van der Waals surface area contributed by atoms with Gasteiger partial charge in [-0.15, -0.1) is 0 Å². The zero-order valence-corrected chi connectivity index (χ0v) is 24.8. The van der Waals surface area contributed by atoms with E-state index in [-0.39, 0.29) is 43.3 Å². The van der Waals surface area contributed by atoms with Crippen LogP contribution < -0.4 is 15.6 Å². The molecule has 0 spiro atoms. The number of carbonyl (C=O) groups excluding carboxylic acids is 1. The number of aliphatic carboxylic acids is 1. The number of phenols is 1. The molecule has 1 amide bonds. The van der Waals surface area contributed by atoms with E-state index < -0.39 is 37.5 Å². The number of amides is 1. The highest BCUT2D eigenvalue weighted by Crippen LogP contribution is 2.47. The maximum Gasteiger partial charge on any atom is 0.307 e. The van der Waals surface area contributed by atoms with Crippen LogP contribution in [0.15, 0.2) is 45.6 Å². The molecule has 4 N–H and O–H groups in total. The maximum absolute atomic E-state index is 13.0. The smallest absolute Gasteiger partial charge is 0.307 e. The van der Waals surface area contributed by atoms with Crippen LogP contribution in [0.3, 0.4) is 0 Å². The van der Waals surface area contributed by atoms with Crippen LogP contribution >= 0.6 is 7.82 Å². The van der Waals surface area contributed by atoms with Crippen LogP contribution in [0.4, 0.5) is 0 Å². The first-order valence-electron chi connectivity index (χ1n) is 14.4. The van der Waals surface area contributed by atoms with Gasteiger partial charge >= 0.3 is 5.97 Å². The Morgan fingerprint density at radius 3 is 2.67 bits per heavy atom. The predicted molar refractivity (Wildman–Crippen MR) is 155 cm³/mol. The quantitative estimate of drug-likeness (QED) is 0.117. The molecule has 5 unspecified atom stereocenters. The Bertz CT molecular complexity index is 1510. The highest BCUT2D eigenvalue weighted by atomic mass is 31.2. The Labute approximate surface area is 248 Å². The number of phosphoric ester groups is 1. The summed E-state index contributed by atoms with van der Waals surface area (Å²) in [5.41, 5.74) is 1.43. The third-order valence-corrected chi connectivity index (χ3v) is 9.02. The third-order valence-electron chi connectivity index (χ3n) is 7.98. The summed E-state index contributed by atoms with van der Waals surface area (Å²) in [6, 6.07) is 8.99. The molecule has 1 aromatic rings. The van der Waals surface area contributed by atoms with Crippen LogP contribution in [0.25, 0.3) is 22.3 Å². The maximum atomic E-state index is 13.0. The van der Waals surface area contributed by atoms with E-state index in [9.17, 15) is 39.2 Å². The number of carboxylic acids is 1. The van der Waals surface area contributed by atoms with E-state index in [0.717, 1.165) is 5.56 Å². The van der Waals surface area contributed by atoms with Crippen LogP contribution in [-0.2, 0) is 23.2 Å². The van der Waals surface area contributed by atoms with E-state index in [2.05, 4.69) is 9.84 Å². The van der Waals surface area contributed by atoms with Crippen molar-refractivity contribution in [1.82, 2.24) is 5.32 Å². The summed E-state index contributed by atoms with van der Waals surface area (Å²) in [7, 11) is -4.39. The first-order valence-corrected chi connectivity index (χ1v) is 15.9. The highest BCUT2D eigenvalue weighted by molar-refractivity contribution is 7.45. The Morgan fingerprint density at radius 1 is 1.16 bits per heavy atom. The Kier molecular flexibility index (Phi) is 11.0. The predicted octanol–water partition coefficient (Wildman–Crippen LogP) is 3.60. The second-order valence-electron chi connectivity index (χ2n) is 10.9. The zero-order valence-electron chi connectivity index (χ0n) is 23.9. The fourth-order valence-corrected chi connectivity index (χ4v) is 6.64. The van der Waals surface area contributed by atoms with E-state index in [1.54, 1.807) is 12.1 Å². The molecule has 1 heterocycles. The first kappa shape index (κ1) is 32.6. The summed E-state index contributed by atoms with van der Waals surface area (Å²) in [5, 5.41) is 33.3. The molecular weight excluding hydrogens is 581 g/mol. The summed E-state index contributed by atoms with van der Waals surface area (Å²) in [5.74, 6) is -3.17. The van der Waals surface area contributed by atoms with Crippen LogP contribution in [0, 0.1) is 17.8 Å². The molecule has 43 heavy (non-hydrogen) atoms. The summed E-state index contributed by atoms with van der Waals surface area (Å²) in [6.07, 6.45) is 2.70. The van der Waals surface area contributed by atoms with Crippen molar-refractivity contribution in [2.45, 2.75) is 51.4 Å². The number of aliphatic hydroxyl groups excluding tert-OH is 1. The molecule has 2 aliphatic carbocycles. The van der Waals surface area contributed by atoms with Crippen molar-refractivity contribution in [1.29, 1.82) is 0 Å². The SMILES string of the molecule is CCOP(=O)([O-])OCC(CO)CCCCNC(=O)C1CCC(c2c3ccc(=O)cc-3oc3cc(O)ccc23)C(C(=O)O)C1. The molecule has 0 aromatic heterocycles. The number of hydrogen-bond donors (Lipinski definition) is 4. The number of benzene rings is 2. The lowest BCUT2D eigenvalue weighted by Crippen LogP contribution is -2.38. The fourth-order valence-electron chi connectivity index (χ4n) is 5.85. The van der Waals surface area contributed by atoms with Crippen LogP contribution in [0.5, 0.6) is 5.75 Å². The van der Waals surface area contributed by atoms with Gasteiger partial charge in [0.05, 0.1) is 19.1 Å². The number of nitrogens with one attached hydrogen (secondary N) is 1. The van der Waals surface area contributed by atoms with Crippen molar-refractivity contribution >= 4 is 30.7 Å². The van der Waals surface area contributed by atoms with Gasteiger partial charge in [-0.25, -0.2) is 0 Å². The monoisotopic (exact) mass is 618 g/mol.